The molecule has 1 amide bonds. The molecule has 0 saturated carbocycles. The number of carboxylic acids is 1. The summed E-state index contributed by atoms with van der Waals surface area (Å²) in [6.07, 6.45) is 1.35. The molecule has 6 heteroatoms. The largest absolute Gasteiger partial charge is 0.481 e. The Balaban J connectivity index is 2.04. The molecule has 5 nitrogen and oxygen atoms in total. The molecule has 2 aromatic rings. The van der Waals surface area contributed by atoms with Crippen LogP contribution in [0.1, 0.15) is 16.1 Å². The maximum Gasteiger partial charge on any atom is 0.307 e. The van der Waals surface area contributed by atoms with Crippen molar-refractivity contribution in [1.82, 2.24) is 4.98 Å². The molecule has 0 unspecified atom stereocenters. The zero-order chi connectivity index (χ0) is 14.5. The third-order valence-corrected chi connectivity index (χ3v) is 2.75. The zero-order valence-corrected chi connectivity index (χ0v) is 11.1. The van der Waals surface area contributed by atoms with Crippen molar-refractivity contribution in [3.05, 3.63) is 58.9 Å². The number of nitrogens with one attached hydrogen (secondary N) is 1. The van der Waals surface area contributed by atoms with Gasteiger partial charge in [0.15, 0.2) is 0 Å². The minimum absolute atomic E-state index is 0.0486. The summed E-state index contributed by atoms with van der Waals surface area (Å²) in [6, 6.07) is 9.70. The summed E-state index contributed by atoms with van der Waals surface area (Å²) in [6.45, 7) is 0. The van der Waals surface area contributed by atoms with Gasteiger partial charge in [-0.2, -0.15) is 0 Å². The molecule has 1 aromatic heterocycles. The molecule has 0 radical (unpaired) electrons. The molecule has 1 heterocycles. The second-order valence-corrected chi connectivity index (χ2v) is 4.52. The molecular formula is C14H11ClN2O3. The van der Waals surface area contributed by atoms with Crippen LogP contribution in [0.4, 0.5) is 5.69 Å². The summed E-state index contributed by atoms with van der Waals surface area (Å²) in [4.78, 5) is 26.3. The van der Waals surface area contributed by atoms with E-state index in [4.69, 9.17) is 16.7 Å². The highest BCUT2D eigenvalue weighted by molar-refractivity contribution is 6.30. The van der Waals surface area contributed by atoms with Gasteiger partial charge in [-0.05, 0) is 29.8 Å². The Labute approximate surface area is 120 Å². The van der Waals surface area contributed by atoms with E-state index in [0.717, 1.165) is 0 Å². The van der Waals surface area contributed by atoms with E-state index in [1.807, 2.05) is 0 Å². The van der Waals surface area contributed by atoms with Gasteiger partial charge in [0.25, 0.3) is 5.91 Å². The van der Waals surface area contributed by atoms with Gasteiger partial charge in [-0.3, -0.25) is 9.59 Å². The van der Waals surface area contributed by atoms with Crippen LogP contribution < -0.4 is 5.32 Å². The number of rotatable bonds is 4. The van der Waals surface area contributed by atoms with Gasteiger partial charge in [-0.15, -0.1) is 0 Å². The fourth-order valence-electron chi connectivity index (χ4n) is 1.59. The average molecular weight is 291 g/mol. The van der Waals surface area contributed by atoms with Gasteiger partial charge >= 0.3 is 5.97 Å². The van der Waals surface area contributed by atoms with Gasteiger partial charge in [-0.1, -0.05) is 23.7 Å². The van der Waals surface area contributed by atoms with Gasteiger partial charge in [0.1, 0.15) is 5.69 Å². The second-order valence-electron chi connectivity index (χ2n) is 4.08. The number of amides is 1. The molecule has 0 aliphatic heterocycles. The predicted molar refractivity (Wildman–Crippen MR) is 75.0 cm³/mol. The SMILES string of the molecule is O=C(O)Cc1ccc(NC(=O)c2ccc(Cl)cn2)cc1. The Hall–Kier alpha value is -2.40. The van der Waals surface area contributed by atoms with Crippen molar-refractivity contribution in [2.24, 2.45) is 0 Å². The summed E-state index contributed by atoms with van der Waals surface area (Å²) in [5, 5.41) is 11.8. The molecule has 0 aliphatic carbocycles. The number of hydrogen-bond acceptors (Lipinski definition) is 3. The van der Waals surface area contributed by atoms with Crippen molar-refractivity contribution in [3.63, 3.8) is 0 Å². The molecule has 0 fully saturated rings. The summed E-state index contributed by atoms with van der Waals surface area (Å²) < 4.78 is 0. The molecule has 0 bridgehead atoms. The lowest BCUT2D eigenvalue weighted by Crippen LogP contribution is -2.13. The monoisotopic (exact) mass is 290 g/mol. The van der Waals surface area contributed by atoms with Crippen molar-refractivity contribution in [2.45, 2.75) is 6.42 Å². The van der Waals surface area contributed by atoms with Gasteiger partial charge in [0, 0.05) is 11.9 Å². The van der Waals surface area contributed by atoms with Crippen molar-refractivity contribution >= 4 is 29.2 Å². The molecule has 0 atom stereocenters. The number of anilines is 1. The van der Waals surface area contributed by atoms with Crippen LogP contribution in [0.25, 0.3) is 0 Å². The summed E-state index contributed by atoms with van der Waals surface area (Å²) >= 11 is 5.69. The van der Waals surface area contributed by atoms with Crippen molar-refractivity contribution in [3.8, 4) is 0 Å². The van der Waals surface area contributed by atoms with Crippen LogP contribution in [-0.4, -0.2) is 22.0 Å². The highest BCUT2D eigenvalue weighted by Gasteiger charge is 2.07. The van der Waals surface area contributed by atoms with Crippen LogP contribution in [0, 0.1) is 0 Å². The smallest absolute Gasteiger partial charge is 0.307 e. The van der Waals surface area contributed by atoms with Crippen LogP contribution in [0.5, 0.6) is 0 Å². The topological polar surface area (TPSA) is 79.3 Å². The minimum Gasteiger partial charge on any atom is -0.481 e. The molecule has 0 aliphatic rings. The quantitative estimate of drug-likeness (QED) is 0.907. The Bertz CT molecular complexity index is 624. The number of pyridine rings is 1. The Morgan fingerprint density at radius 2 is 1.85 bits per heavy atom. The Morgan fingerprint density at radius 3 is 2.40 bits per heavy atom. The highest BCUT2D eigenvalue weighted by Crippen LogP contribution is 2.12. The first kappa shape index (κ1) is 14.0. The lowest BCUT2D eigenvalue weighted by molar-refractivity contribution is -0.136. The van der Waals surface area contributed by atoms with E-state index in [9.17, 15) is 9.59 Å². The van der Waals surface area contributed by atoms with E-state index in [0.29, 0.717) is 16.3 Å². The van der Waals surface area contributed by atoms with Crippen molar-refractivity contribution in [1.29, 1.82) is 0 Å². The van der Waals surface area contributed by atoms with E-state index >= 15 is 0 Å². The molecule has 2 N–H and O–H groups in total. The third-order valence-electron chi connectivity index (χ3n) is 2.53. The van der Waals surface area contributed by atoms with E-state index in [1.165, 1.54) is 12.3 Å². The number of carbonyl (C=O) groups is 2. The fourth-order valence-corrected chi connectivity index (χ4v) is 1.70. The lowest BCUT2D eigenvalue weighted by atomic mass is 10.1. The molecule has 2 rings (SSSR count). The van der Waals surface area contributed by atoms with E-state index in [1.54, 1.807) is 30.3 Å². The third kappa shape index (κ3) is 3.80. The van der Waals surface area contributed by atoms with E-state index < -0.39 is 5.97 Å². The van der Waals surface area contributed by atoms with Crippen LogP contribution in [0.15, 0.2) is 42.6 Å². The highest BCUT2D eigenvalue weighted by atomic mass is 35.5. The van der Waals surface area contributed by atoms with Gasteiger partial charge in [0.2, 0.25) is 0 Å². The minimum atomic E-state index is -0.896. The Morgan fingerprint density at radius 1 is 1.15 bits per heavy atom. The number of nitrogens with zero attached hydrogens (tertiary/aromatic N) is 1. The first-order valence-corrected chi connectivity index (χ1v) is 6.16. The van der Waals surface area contributed by atoms with Gasteiger partial charge < -0.3 is 10.4 Å². The standard InChI is InChI=1S/C14H11ClN2O3/c15-10-3-6-12(16-8-10)14(20)17-11-4-1-9(2-5-11)7-13(18)19/h1-6,8H,7H2,(H,17,20)(H,18,19). The first-order chi connectivity index (χ1) is 9.54. The van der Waals surface area contributed by atoms with Crippen molar-refractivity contribution < 1.29 is 14.7 Å². The lowest BCUT2D eigenvalue weighted by Gasteiger charge is -2.05. The molecule has 102 valence electrons. The summed E-state index contributed by atoms with van der Waals surface area (Å²) in [7, 11) is 0. The predicted octanol–water partition coefficient (Wildman–Crippen LogP) is 2.61. The maximum absolute atomic E-state index is 11.9. The number of carboxylic acid groups (broad SMARTS) is 1. The summed E-state index contributed by atoms with van der Waals surface area (Å²) in [5.41, 5.74) is 1.49. The zero-order valence-electron chi connectivity index (χ0n) is 10.3. The van der Waals surface area contributed by atoms with E-state index in [-0.39, 0.29) is 18.0 Å². The normalized spacial score (nSPS) is 10.1. The van der Waals surface area contributed by atoms with Crippen LogP contribution in [0.3, 0.4) is 0 Å². The number of halogens is 1. The number of carbonyl (C=O) groups excluding carboxylic acids is 1. The van der Waals surface area contributed by atoms with Crippen molar-refractivity contribution in [2.75, 3.05) is 5.32 Å². The summed E-state index contributed by atoms with van der Waals surface area (Å²) in [5.74, 6) is -1.25. The molecule has 20 heavy (non-hydrogen) atoms. The number of benzene rings is 1. The number of aliphatic carboxylic acids is 1. The van der Waals surface area contributed by atoms with Gasteiger partial charge in [0.05, 0.1) is 11.4 Å². The van der Waals surface area contributed by atoms with Gasteiger partial charge in [-0.25, -0.2) is 4.98 Å². The number of hydrogen-bond donors (Lipinski definition) is 2. The second kappa shape index (κ2) is 6.16. The molecular weight excluding hydrogens is 280 g/mol. The van der Waals surface area contributed by atoms with Crippen LogP contribution >= 0.6 is 11.6 Å². The van der Waals surface area contributed by atoms with Crippen LogP contribution in [0.2, 0.25) is 5.02 Å². The first-order valence-electron chi connectivity index (χ1n) is 5.78. The number of aromatic nitrogens is 1. The van der Waals surface area contributed by atoms with Crippen LogP contribution in [-0.2, 0) is 11.2 Å². The van der Waals surface area contributed by atoms with E-state index in [2.05, 4.69) is 10.3 Å². The molecule has 1 aromatic carbocycles. The Kier molecular flexibility index (Phi) is 4.32. The fraction of sp³-hybridized carbons (Fsp3) is 0.0714. The maximum atomic E-state index is 11.9. The average Bonchev–Trinajstić information content (AvgIpc) is 2.41. The molecule has 0 spiro atoms. The molecule has 0 saturated heterocycles.